The van der Waals surface area contributed by atoms with Crippen molar-refractivity contribution >= 4 is 38.1 Å². The monoisotopic (exact) mass is 699 g/mol. The minimum atomic E-state index is 0.714. The molecule has 3 nitrogen and oxygen atoms in total. The van der Waals surface area contributed by atoms with Gasteiger partial charge in [-0.05, 0) is 52.1 Å². The number of nitrogens with zero attached hydrogens (tertiary/aromatic N) is 3. The van der Waals surface area contributed by atoms with E-state index in [9.17, 15) is 0 Å². The quantitative estimate of drug-likeness (QED) is 0.173. The Morgan fingerprint density at radius 1 is 0.291 bits per heavy atom. The fourth-order valence-electron chi connectivity index (χ4n) is 8.35. The van der Waals surface area contributed by atoms with Crippen molar-refractivity contribution in [3.63, 3.8) is 0 Å². The fraction of sp³-hybridized carbons (Fsp3) is 0. The first-order valence-corrected chi connectivity index (χ1v) is 18.7. The Morgan fingerprint density at radius 2 is 0.782 bits per heavy atom. The highest BCUT2D eigenvalue weighted by Crippen LogP contribution is 2.43. The van der Waals surface area contributed by atoms with Gasteiger partial charge < -0.3 is 4.40 Å². The largest absolute Gasteiger partial charge is 0.307 e. The predicted octanol–water partition coefficient (Wildman–Crippen LogP) is 13.6. The first kappa shape index (κ1) is 31.2. The Hall–Kier alpha value is -7.36. The topological polar surface area (TPSA) is 30.2 Å². The van der Waals surface area contributed by atoms with Crippen molar-refractivity contribution in [2.45, 2.75) is 0 Å². The molecule has 0 fully saturated rings. The van der Waals surface area contributed by atoms with Crippen LogP contribution >= 0.6 is 0 Å². The molecule has 0 bridgehead atoms. The number of hydrogen-bond acceptors (Lipinski definition) is 2. The highest BCUT2D eigenvalue weighted by Gasteiger charge is 2.20. The number of benzene rings is 8. The van der Waals surface area contributed by atoms with Crippen molar-refractivity contribution in [1.29, 1.82) is 0 Å². The third kappa shape index (κ3) is 5.20. The molecule has 11 aromatic rings. The Bertz CT molecular complexity index is 3120. The molecular formula is C52H33N3. The van der Waals surface area contributed by atoms with Crippen LogP contribution in [0.1, 0.15) is 0 Å². The van der Waals surface area contributed by atoms with Gasteiger partial charge in [0.2, 0.25) is 0 Å². The van der Waals surface area contributed by atoms with Gasteiger partial charge in [0.15, 0.2) is 5.82 Å². The first-order chi connectivity index (χ1) is 27.3. The average molecular weight is 700 g/mol. The normalized spacial score (nSPS) is 11.6. The van der Waals surface area contributed by atoms with Gasteiger partial charge in [-0.1, -0.05) is 176 Å². The fourth-order valence-corrected chi connectivity index (χ4v) is 8.35. The van der Waals surface area contributed by atoms with Crippen LogP contribution in [0, 0.1) is 0 Å². The van der Waals surface area contributed by atoms with E-state index >= 15 is 0 Å². The molecule has 0 amide bonds. The zero-order valence-corrected chi connectivity index (χ0v) is 29.9. The lowest BCUT2D eigenvalue weighted by Gasteiger charge is -2.12. The maximum atomic E-state index is 5.11. The van der Waals surface area contributed by atoms with Crippen LogP contribution in [0.15, 0.2) is 200 Å². The molecule has 11 rings (SSSR count). The molecule has 0 saturated heterocycles. The molecule has 256 valence electrons. The van der Waals surface area contributed by atoms with Gasteiger partial charge in [-0.3, -0.25) is 0 Å². The van der Waals surface area contributed by atoms with Crippen LogP contribution < -0.4 is 0 Å². The van der Waals surface area contributed by atoms with Gasteiger partial charge in [0.05, 0.1) is 27.9 Å². The number of hydrogen-bond donors (Lipinski definition) is 0. The molecule has 0 saturated carbocycles. The summed E-state index contributed by atoms with van der Waals surface area (Å²) in [5.41, 5.74) is 15.8. The lowest BCUT2D eigenvalue weighted by Crippen LogP contribution is -1.96. The van der Waals surface area contributed by atoms with E-state index in [1.807, 2.05) is 24.3 Å². The van der Waals surface area contributed by atoms with Crippen molar-refractivity contribution in [3.05, 3.63) is 200 Å². The summed E-state index contributed by atoms with van der Waals surface area (Å²) in [6.07, 6.45) is 0. The van der Waals surface area contributed by atoms with Crippen LogP contribution in [0.25, 0.3) is 105 Å². The second kappa shape index (κ2) is 12.6. The lowest BCUT2D eigenvalue weighted by molar-refractivity contribution is 1.18. The molecule has 0 aliphatic carbocycles. The molecule has 0 unspecified atom stereocenters. The molecule has 3 heterocycles. The van der Waals surface area contributed by atoms with E-state index in [0.29, 0.717) is 5.82 Å². The molecule has 0 N–H and O–H groups in total. The van der Waals surface area contributed by atoms with Crippen LogP contribution in [0.2, 0.25) is 0 Å². The minimum absolute atomic E-state index is 0.714. The van der Waals surface area contributed by atoms with Crippen molar-refractivity contribution < 1.29 is 0 Å². The summed E-state index contributed by atoms with van der Waals surface area (Å²) >= 11 is 0. The second-order valence-electron chi connectivity index (χ2n) is 14.2. The number of fused-ring (bicyclic) bond motifs is 6. The lowest BCUT2D eigenvalue weighted by atomic mass is 9.95. The highest BCUT2D eigenvalue weighted by atomic mass is 14.9. The average Bonchev–Trinajstić information content (AvgIpc) is 3.79. The molecule has 3 aromatic heterocycles. The highest BCUT2D eigenvalue weighted by molar-refractivity contribution is 6.25. The second-order valence-corrected chi connectivity index (χ2v) is 14.2. The maximum Gasteiger partial charge on any atom is 0.160 e. The van der Waals surface area contributed by atoms with Crippen LogP contribution in [-0.4, -0.2) is 14.4 Å². The van der Waals surface area contributed by atoms with Gasteiger partial charge in [-0.25, -0.2) is 9.97 Å². The number of aromatic nitrogens is 3. The summed E-state index contributed by atoms with van der Waals surface area (Å²) < 4.78 is 2.51. The Balaban J connectivity index is 1.06. The molecular weight excluding hydrogens is 667 g/mol. The summed E-state index contributed by atoms with van der Waals surface area (Å²) in [4.78, 5) is 10.1. The SMILES string of the molecule is c1ccc(-c2ccc3c4cccc5c6cccc(-c7cccc(-c8cccc(-c9cc(-c%10ccccc%10)nc(-c%10ccccc%10)n9)c8)c7)c6n(c3c2)c45)cc1. The Morgan fingerprint density at radius 3 is 1.49 bits per heavy atom. The molecule has 0 radical (unpaired) electrons. The summed E-state index contributed by atoms with van der Waals surface area (Å²) in [6.45, 7) is 0. The van der Waals surface area contributed by atoms with E-state index in [0.717, 1.165) is 39.2 Å². The summed E-state index contributed by atoms with van der Waals surface area (Å²) in [7, 11) is 0. The van der Waals surface area contributed by atoms with Crippen LogP contribution in [-0.2, 0) is 0 Å². The minimum Gasteiger partial charge on any atom is -0.307 e. The molecule has 8 aromatic carbocycles. The van der Waals surface area contributed by atoms with Crippen LogP contribution in [0.4, 0.5) is 0 Å². The van der Waals surface area contributed by atoms with E-state index < -0.39 is 0 Å². The Labute approximate surface area is 318 Å². The van der Waals surface area contributed by atoms with Crippen molar-refractivity contribution in [3.8, 4) is 67.3 Å². The standard InChI is InChI=1S/C52H33N3/c1-4-14-34(15-5-1)39-28-29-43-44-25-13-27-46-45-26-12-24-42(50(45)55(51(44)46)49(43)32-39)40-22-10-20-37(30-40)38-21-11-23-41(31-38)48-33-47(35-16-6-2-7-17-35)53-52(54-48)36-18-8-3-9-19-36/h1-33H. The maximum absolute atomic E-state index is 5.11. The molecule has 3 heteroatoms. The first-order valence-electron chi connectivity index (χ1n) is 18.7. The molecule has 0 spiro atoms. The predicted molar refractivity (Wildman–Crippen MR) is 229 cm³/mol. The molecule has 0 aliphatic heterocycles. The van der Waals surface area contributed by atoms with Gasteiger partial charge >= 0.3 is 0 Å². The molecule has 0 atom stereocenters. The smallest absolute Gasteiger partial charge is 0.160 e. The summed E-state index contributed by atoms with van der Waals surface area (Å²) in [5.74, 6) is 0.714. The third-order valence-corrected chi connectivity index (χ3v) is 10.9. The van der Waals surface area contributed by atoms with Crippen molar-refractivity contribution in [1.82, 2.24) is 14.4 Å². The van der Waals surface area contributed by atoms with Crippen LogP contribution in [0.3, 0.4) is 0 Å². The molecule has 55 heavy (non-hydrogen) atoms. The van der Waals surface area contributed by atoms with Gasteiger partial charge in [0.25, 0.3) is 0 Å². The van der Waals surface area contributed by atoms with Crippen LogP contribution in [0.5, 0.6) is 0 Å². The van der Waals surface area contributed by atoms with E-state index in [4.69, 9.17) is 9.97 Å². The summed E-state index contributed by atoms with van der Waals surface area (Å²) in [6, 6.07) is 71.4. The van der Waals surface area contributed by atoms with E-state index in [2.05, 4.69) is 180 Å². The van der Waals surface area contributed by atoms with E-state index in [-0.39, 0.29) is 0 Å². The van der Waals surface area contributed by atoms with E-state index in [1.54, 1.807) is 0 Å². The number of rotatable bonds is 6. The van der Waals surface area contributed by atoms with Crippen molar-refractivity contribution in [2.24, 2.45) is 0 Å². The Kier molecular flexibility index (Phi) is 7.17. The van der Waals surface area contributed by atoms with E-state index in [1.165, 1.54) is 60.3 Å². The third-order valence-electron chi connectivity index (χ3n) is 10.9. The number of para-hydroxylation sites is 2. The zero-order chi connectivity index (χ0) is 36.3. The van der Waals surface area contributed by atoms with Gasteiger partial charge in [0.1, 0.15) is 0 Å². The summed E-state index contributed by atoms with van der Waals surface area (Å²) in [5, 5.41) is 5.11. The van der Waals surface area contributed by atoms with Gasteiger partial charge in [-0.2, -0.15) is 0 Å². The van der Waals surface area contributed by atoms with Crippen molar-refractivity contribution in [2.75, 3.05) is 0 Å². The molecule has 0 aliphatic rings. The van der Waals surface area contributed by atoms with Gasteiger partial charge in [-0.15, -0.1) is 0 Å². The zero-order valence-electron chi connectivity index (χ0n) is 29.9. The van der Waals surface area contributed by atoms with Gasteiger partial charge in [0, 0.05) is 43.8 Å².